The molecule has 0 bridgehead atoms. The highest BCUT2D eigenvalue weighted by molar-refractivity contribution is 5.89. The van der Waals surface area contributed by atoms with Gasteiger partial charge in [0.15, 0.2) is 0 Å². The highest BCUT2D eigenvalue weighted by Crippen LogP contribution is 2.27. The van der Waals surface area contributed by atoms with Crippen LogP contribution in [0.15, 0.2) is 109 Å². The number of rotatable bonds is 14. The average molecular weight is 509 g/mol. The maximum Gasteiger partial charge on any atom is 0.338 e. The summed E-state index contributed by atoms with van der Waals surface area (Å²) in [5, 5.41) is 0. The second kappa shape index (κ2) is 14.6. The number of carbonyl (C=O) groups excluding carboxylic acids is 1. The fraction of sp³-hybridized carbons (Fsp3) is 0.265. The summed E-state index contributed by atoms with van der Waals surface area (Å²) >= 11 is 0. The molecule has 0 spiro atoms. The fourth-order valence-corrected chi connectivity index (χ4v) is 4.28. The Morgan fingerprint density at radius 1 is 0.658 bits per heavy atom. The SMILES string of the molecule is CCCCCC(Cc1cc(OCc2ccccc2)cc(OCc2ccccc2)c1)OC(=O)c1ccccc1. The van der Waals surface area contributed by atoms with Crippen molar-refractivity contribution >= 4 is 5.97 Å². The Labute approximate surface area is 226 Å². The van der Waals surface area contributed by atoms with Gasteiger partial charge < -0.3 is 14.2 Å². The van der Waals surface area contributed by atoms with Gasteiger partial charge in [0.1, 0.15) is 30.8 Å². The third-order valence-corrected chi connectivity index (χ3v) is 6.31. The van der Waals surface area contributed by atoms with Crippen molar-refractivity contribution in [1.82, 2.24) is 0 Å². The molecule has 196 valence electrons. The molecule has 4 aromatic rings. The molecule has 38 heavy (non-hydrogen) atoms. The number of hydrogen-bond acceptors (Lipinski definition) is 4. The molecule has 0 saturated carbocycles. The van der Waals surface area contributed by atoms with E-state index >= 15 is 0 Å². The summed E-state index contributed by atoms with van der Waals surface area (Å²) in [6.07, 6.45) is 4.38. The topological polar surface area (TPSA) is 44.8 Å². The third kappa shape index (κ3) is 8.81. The molecule has 0 radical (unpaired) electrons. The van der Waals surface area contributed by atoms with Crippen LogP contribution < -0.4 is 9.47 Å². The summed E-state index contributed by atoms with van der Waals surface area (Å²) in [7, 11) is 0. The summed E-state index contributed by atoms with van der Waals surface area (Å²) in [6.45, 7) is 3.10. The Morgan fingerprint density at radius 3 is 1.71 bits per heavy atom. The molecule has 0 aliphatic heterocycles. The maximum absolute atomic E-state index is 12.9. The quantitative estimate of drug-likeness (QED) is 0.127. The monoisotopic (exact) mass is 508 g/mol. The molecule has 0 heterocycles. The minimum absolute atomic E-state index is 0.236. The minimum Gasteiger partial charge on any atom is -0.489 e. The second-order valence-electron chi connectivity index (χ2n) is 9.45. The molecule has 4 aromatic carbocycles. The van der Waals surface area contributed by atoms with E-state index in [0.717, 1.165) is 53.9 Å². The van der Waals surface area contributed by atoms with E-state index in [2.05, 4.69) is 6.92 Å². The van der Waals surface area contributed by atoms with Gasteiger partial charge in [-0.15, -0.1) is 0 Å². The molecule has 0 saturated heterocycles. The number of benzene rings is 4. The second-order valence-corrected chi connectivity index (χ2v) is 9.45. The van der Waals surface area contributed by atoms with Gasteiger partial charge in [0, 0.05) is 12.5 Å². The summed E-state index contributed by atoms with van der Waals surface area (Å²) in [5.74, 6) is 1.18. The first-order valence-corrected chi connectivity index (χ1v) is 13.4. The summed E-state index contributed by atoms with van der Waals surface area (Å²) in [5.41, 5.74) is 3.78. The first kappa shape index (κ1) is 27.0. The Morgan fingerprint density at radius 2 is 1.18 bits per heavy atom. The molecule has 0 N–H and O–H groups in total. The average Bonchev–Trinajstić information content (AvgIpc) is 2.96. The van der Waals surface area contributed by atoms with E-state index < -0.39 is 0 Å². The van der Waals surface area contributed by atoms with E-state index in [1.165, 1.54) is 0 Å². The number of ether oxygens (including phenoxy) is 3. The smallest absolute Gasteiger partial charge is 0.338 e. The molecule has 0 amide bonds. The standard InChI is InChI=1S/C34H36O4/c1-2-3-7-20-31(38-34(35)30-18-12-6-13-19-30)21-29-22-32(36-25-27-14-8-4-9-15-27)24-33(23-29)37-26-28-16-10-5-11-17-28/h4-6,8-19,22-24,31H,2-3,7,20-21,25-26H2,1H3. The Bertz CT molecular complexity index is 1180. The van der Waals surface area contributed by atoms with Crippen LogP contribution in [0, 0.1) is 0 Å². The van der Waals surface area contributed by atoms with Crippen LogP contribution in [0.5, 0.6) is 11.5 Å². The lowest BCUT2D eigenvalue weighted by molar-refractivity contribution is 0.0277. The van der Waals surface area contributed by atoms with Crippen LogP contribution in [-0.4, -0.2) is 12.1 Å². The Kier molecular flexibility index (Phi) is 10.4. The molecule has 0 aliphatic carbocycles. The maximum atomic E-state index is 12.9. The van der Waals surface area contributed by atoms with Crippen LogP contribution >= 0.6 is 0 Å². The van der Waals surface area contributed by atoms with Gasteiger partial charge >= 0.3 is 5.97 Å². The number of esters is 1. The van der Waals surface area contributed by atoms with Crippen molar-refractivity contribution in [3.05, 3.63) is 131 Å². The number of carbonyl (C=O) groups is 1. The van der Waals surface area contributed by atoms with E-state index in [-0.39, 0.29) is 12.1 Å². The van der Waals surface area contributed by atoms with Crippen molar-refractivity contribution in [2.24, 2.45) is 0 Å². The summed E-state index contributed by atoms with van der Waals surface area (Å²) in [6, 6.07) is 35.4. The van der Waals surface area contributed by atoms with Gasteiger partial charge in [0.2, 0.25) is 0 Å². The van der Waals surface area contributed by atoms with Crippen LogP contribution in [-0.2, 0) is 24.4 Å². The molecule has 4 heteroatoms. The zero-order valence-electron chi connectivity index (χ0n) is 22.1. The van der Waals surface area contributed by atoms with Gasteiger partial charge in [-0.05, 0) is 53.8 Å². The van der Waals surface area contributed by atoms with Crippen molar-refractivity contribution in [3.63, 3.8) is 0 Å². The molecule has 4 nitrogen and oxygen atoms in total. The van der Waals surface area contributed by atoms with Gasteiger partial charge in [-0.1, -0.05) is 98.6 Å². The lowest BCUT2D eigenvalue weighted by Gasteiger charge is -2.19. The largest absolute Gasteiger partial charge is 0.489 e. The Balaban J connectivity index is 1.52. The third-order valence-electron chi connectivity index (χ3n) is 6.31. The lowest BCUT2D eigenvalue weighted by Crippen LogP contribution is -2.21. The predicted molar refractivity (Wildman–Crippen MR) is 151 cm³/mol. The van der Waals surface area contributed by atoms with Crippen LogP contribution in [0.1, 0.15) is 59.7 Å². The summed E-state index contributed by atoms with van der Waals surface area (Å²) < 4.78 is 18.3. The van der Waals surface area contributed by atoms with Crippen LogP contribution in [0.2, 0.25) is 0 Å². The minimum atomic E-state index is -0.288. The van der Waals surface area contributed by atoms with Crippen LogP contribution in [0.25, 0.3) is 0 Å². The fourth-order valence-electron chi connectivity index (χ4n) is 4.28. The lowest BCUT2D eigenvalue weighted by atomic mass is 10.0. The highest BCUT2D eigenvalue weighted by Gasteiger charge is 2.18. The summed E-state index contributed by atoms with van der Waals surface area (Å²) in [4.78, 5) is 12.9. The van der Waals surface area contributed by atoms with Crippen molar-refractivity contribution in [1.29, 1.82) is 0 Å². The highest BCUT2D eigenvalue weighted by atomic mass is 16.5. The predicted octanol–water partition coefficient (Wildman–Crippen LogP) is 8.19. The zero-order chi connectivity index (χ0) is 26.4. The van der Waals surface area contributed by atoms with E-state index in [1.807, 2.05) is 97.1 Å². The molecule has 0 aliphatic rings. The molecule has 4 rings (SSSR count). The van der Waals surface area contributed by atoms with Gasteiger partial charge in [-0.3, -0.25) is 0 Å². The van der Waals surface area contributed by atoms with Gasteiger partial charge in [0.05, 0.1) is 5.56 Å². The molecule has 1 unspecified atom stereocenters. The van der Waals surface area contributed by atoms with E-state index in [1.54, 1.807) is 12.1 Å². The van der Waals surface area contributed by atoms with Crippen LogP contribution in [0.3, 0.4) is 0 Å². The zero-order valence-corrected chi connectivity index (χ0v) is 22.1. The molecule has 0 aromatic heterocycles. The van der Waals surface area contributed by atoms with Crippen molar-refractivity contribution in [3.8, 4) is 11.5 Å². The normalized spacial score (nSPS) is 11.5. The van der Waals surface area contributed by atoms with Crippen LogP contribution in [0.4, 0.5) is 0 Å². The van der Waals surface area contributed by atoms with Gasteiger partial charge in [-0.25, -0.2) is 4.79 Å². The van der Waals surface area contributed by atoms with E-state index in [4.69, 9.17) is 14.2 Å². The van der Waals surface area contributed by atoms with Crippen molar-refractivity contribution < 1.29 is 19.0 Å². The van der Waals surface area contributed by atoms with Crippen molar-refractivity contribution in [2.45, 2.75) is 58.3 Å². The van der Waals surface area contributed by atoms with Crippen molar-refractivity contribution in [2.75, 3.05) is 0 Å². The first-order valence-electron chi connectivity index (χ1n) is 13.4. The van der Waals surface area contributed by atoms with E-state index in [0.29, 0.717) is 25.2 Å². The molecule has 0 fully saturated rings. The van der Waals surface area contributed by atoms with Gasteiger partial charge in [-0.2, -0.15) is 0 Å². The first-order chi connectivity index (χ1) is 18.7. The molecule has 1 atom stereocenters. The number of unbranched alkanes of at least 4 members (excludes halogenated alkanes) is 2. The van der Waals surface area contributed by atoms with E-state index in [9.17, 15) is 4.79 Å². The Hall–Kier alpha value is -4.05. The number of hydrogen-bond donors (Lipinski definition) is 0. The molecular weight excluding hydrogens is 472 g/mol. The molecular formula is C34H36O4. The van der Waals surface area contributed by atoms with Gasteiger partial charge in [0.25, 0.3) is 0 Å².